The van der Waals surface area contributed by atoms with Crippen molar-refractivity contribution in [3.63, 3.8) is 0 Å². The topological polar surface area (TPSA) is 60.2 Å². The maximum absolute atomic E-state index is 11.0. The van der Waals surface area contributed by atoms with Gasteiger partial charge in [-0.3, -0.25) is 9.59 Å². The van der Waals surface area contributed by atoms with Crippen LogP contribution in [0.3, 0.4) is 0 Å². The summed E-state index contributed by atoms with van der Waals surface area (Å²) in [5.41, 5.74) is 4.91. The van der Waals surface area contributed by atoms with Gasteiger partial charge in [0.15, 0.2) is 0 Å². The lowest BCUT2D eigenvalue weighted by atomic mass is 9.97. The molecular weight excluding hydrogens is 130 g/mol. The molecule has 0 saturated heterocycles. The van der Waals surface area contributed by atoms with Crippen molar-refractivity contribution in [2.75, 3.05) is 0 Å². The molecule has 58 valence electrons. The van der Waals surface area contributed by atoms with E-state index in [9.17, 15) is 9.59 Å². The van der Waals surface area contributed by atoms with Crippen molar-refractivity contribution < 1.29 is 9.59 Å². The molecule has 2 N–H and O–H groups in total. The normalized spacial score (nSPS) is 13.2. The zero-order valence-corrected chi connectivity index (χ0v) is 6.55. The molecule has 0 fully saturated rings. The van der Waals surface area contributed by atoms with E-state index in [4.69, 9.17) is 5.73 Å². The molecule has 0 aromatic heterocycles. The SMILES string of the molecule is CC(C)C(=O)C(C)C(N)=O. The third kappa shape index (κ3) is 2.17. The molecule has 1 atom stereocenters. The lowest BCUT2D eigenvalue weighted by molar-refractivity contribution is -0.133. The van der Waals surface area contributed by atoms with Crippen LogP contribution in [0, 0.1) is 11.8 Å². The molecule has 1 amide bonds. The number of amides is 1. The highest BCUT2D eigenvalue weighted by atomic mass is 16.2. The molecule has 0 aromatic rings. The van der Waals surface area contributed by atoms with Gasteiger partial charge in [-0.2, -0.15) is 0 Å². The minimum absolute atomic E-state index is 0.0903. The molecule has 0 rings (SSSR count). The Kier molecular flexibility index (Phi) is 3.06. The Labute approximate surface area is 60.6 Å². The van der Waals surface area contributed by atoms with Crippen molar-refractivity contribution >= 4 is 11.7 Å². The molecule has 10 heavy (non-hydrogen) atoms. The van der Waals surface area contributed by atoms with E-state index in [1.54, 1.807) is 13.8 Å². The molecule has 0 bridgehead atoms. The van der Waals surface area contributed by atoms with Crippen LogP contribution in [0.4, 0.5) is 0 Å². The Bertz CT molecular complexity index is 152. The molecule has 0 aromatic carbocycles. The number of rotatable bonds is 3. The van der Waals surface area contributed by atoms with Gasteiger partial charge in [0.25, 0.3) is 0 Å². The van der Waals surface area contributed by atoms with Crippen LogP contribution in [0.1, 0.15) is 20.8 Å². The Morgan fingerprint density at radius 3 is 1.70 bits per heavy atom. The molecule has 3 nitrogen and oxygen atoms in total. The first-order valence-electron chi connectivity index (χ1n) is 3.29. The van der Waals surface area contributed by atoms with Gasteiger partial charge in [0, 0.05) is 5.92 Å². The summed E-state index contributed by atoms with van der Waals surface area (Å²) in [5.74, 6) is -1.38. The van der Waals surface area contributed by atoms with Crippen LogP contribution in [0.5, 0.6) is 0 Å². The number of ketones is 1. The molecule has 0 radical (unpaired) electrons. The molecule has 3 heteroatoms. The van der Waals surface area contributed by atoms with Gasteiger partial charge < -0.3 is 5.73 Å². The maximum Gasteiger partial charge on any atom is 0.227 e. The number of primary amides is 1. The van der Waals surface area contributed by atoms with Crippen LogP contribution < -0.4 is 5.73 Å². The smallest absolute Gasteiger partial charge is 0.227 e. The van der Waals surface area contributed by atoms with E-state index in [0.29, 0.717) is 0 Å². The summed E-state index contributed by atoms with van der Waals surface area (Å²) in [6.07, 6.45) is 0. The molecule has 0 saturated carbocycles. The maximum atomic E-state index is 11.0. The third-order valence-corrected chi connectivity index (χ3v) is 1.42. The second-order valence-corrected chi connectivity index (χ2v) is 2.68. The lowest BCUT2D eigenvalue weighted by Crippen LogP contribution is -2.30. The van der Waals surface area contributed by atoms with Gasteiger partial charge in [0.2, 0.25) is 5.91 Å². The van der Waals surface area contributed by atoms with Crippen molar-refractivity contribution in [1.82, 2.24) is 0 Å². The van der Waals surface area contributed by atoms with E-state index in [1.165, 1.54) is 6.92 Å². The zero-order valence-electron chi connectivity index (χ0n) is 6.55. The number of nitrogens with two attached hydrogens (primary N) is 1. The molecule has 1 unspecified atom stereocenters. The molecule has 0 spiro atoms. The van der Waals surface area contributed by atoms with Crippen molar-refractivity contribution in [2.24, 2.45) is 17.6 Å². The number of hydrogen-bond donors (Lipinski definition) is 1. The van der Waals surface area contributed by atoms with Gasteiger partial charge in [-0.25, -0.2) is 0 Å². The van der Waals surface area contributed by atoms with Crippen molar-refractivity contribution in [3.05, 3.63) is 0 Å². The molecule has 0 aliphatic carbocycles. The Hall–Kier alpha value is -0.860. The zero-order chi connectivity index (χ0) is 8.31. The summed E-state index contributed by atoms with van der Waals surface area (Å²) in [6.45, 7) is 5.04. The molecular formula is C7H13NO2. The van der Waals surface area contributed by atoms with E-state index in [0.717, 1.165) is 0 Å². The van der Waals surface area contributed by atoms with Crippen LogP contribution in [0.25, 0.3) is 0 Å². The summed E-state index contributed by atoms with van der Waals surface area (Å²) in [7, 11) is 0. The fourth-order valence-corrected chi connectivity index (χ4v) is 0.640. The van der Waals surface area contributed by atoms with Crippen LogP contribution in [-0.2, 0) is 9.59 Å². The predicted octanol–water partition coefficient (Wildman–Crippen LogP) is 0.333. The standard InChI is InChI=1S/C7H13NO2/c1-4(2)6(9)5(3)7(8)10/h4-5H,1-3H3,(H2,8,10). The van der Waals surface area contributed by atoms with Crippen molar-refractivity contribution in [1.29, 1.82) is 0 Å². The van der Waals surface area contributed by atoms with E-state index >= 15 is 0 Å². The van der Waals surface area contributed by atoms with Gasteiger partial charge in [-0.15, -0.1) is 0 Å². The monoisotopic (exact) mass is 143 g/mol. The first-order valence-corrected chi connectivity index (χ1v) is 3.29. The summed E-state index contributed by atoms with van der Waals surface area (Å²) >= 11 is 0. The van der Waals surface area contributed by atoms with Crippen LogP contribution >= 0.6 is 0 Å². The highest BCUT2D eigenvalue weighted by Crippen LogP contribution is 2.04. The van der Waals surface area contributed by atoms with Gasteiger partial charge in [0.1, 0.15) is 5.78 Å². The molecule has 0 heterocycles. The number of Topliss-reactive ketones (excluding diaryl/α,β-unsaturated/α-hetero) is 1. The fraction of sp³-hybridized carbons (Fsp3) is 0.714. The minimum Gasteiger partial charge on any atom is -0.369 e. The molecule has 0 aliphatic rings. The highest BCUT2D eigenvalue weighted by Gasteiger charge is 2.20. The summed E-state index contributed by atoms with van der Waals surface area (Å²) in [6, 6.07) is 0. The summed E-state index contributed by atoms with van der Waals surface area (Å²) in [5, 5.41) is 0. The highest BCUT2D eigenvalue weighted by molar-refractivity contribution is 6.00. The first kappa shape index (κ1) is 9.14. The Morgan fingerprint density at radius 2 is 1.60 bits per heavy atom. The van der Waals surface area contributed by atoms with Crippen molar-refractivity contribution in [3.8, 4) is 0 Å². The first-order chi connectivity index (χ1) is 4.46. The summed E-state index contributed by atoms with van der Waals surface area (Å²) < 4.78 is 0. The number of carbonyl (C=O) groups is 2. The summed E-state index contributed by atoms with van der Waals surface area (Å²) in [4.78, 5) is 21.4. The fourth-order valence-electron chi connectivity index (χ4n) is 0.640. The number of hydrogen-bond acceptors (Lipinski definition) is 2. The predicted molar refractivity (Wildman–Crippen MR) is 38.2 cm³/mol. The van der Waals surface area contributed by atoms with Gasteiger partial charge in [0.05, 0.1) is 5.92 Å². The third-order valence-electron chi connectivity index (χ3n) is 1.42. The quantitative estimate of drug-likeness (QED) is 0.579. The van der Waals surface area contributed by atoms with E-state index < -0.39 is 11.8 Å². The van der Waals surface area contributed by atoms with Crippen molar-refractivity contribution in [2.45, 2.75) is 20.8 Å². The van der Waals surface area contributed by atoms with Crippen LogP contribution in [0.15, 0.2) is 0 Å². The van der Waals surface area contributed by atoms with E-state index in [2.05, 4.69) is 0 Å². The van der Waals surface area contributed by atoms with Crippen LogP contribution in [0.2, 0.25) is 0 Å². The molecule has 0 aliphatic heterocycles. The van der Waals surface area contributed by atoms with E-state index in [-0.39, 0.29) is 11.7 Å². The Balaban J connectivity index is 4.08. The lowest BCUT2D eigenvalue weighted by Gasteiger charge is -2.07. The largest absolute Gasteiger partial charge is 0.369 e. The number of carbonyl (C=O) groups excluding carboxylic acids is 2. The van der Waals surface area contributed by atoms with E-state index in [1.807, 2.05) is 0 Å². The Morgan fingerprint density at radius 1 is 1.20 bits per heavy atom. The van der Waals surface area contributed by atoms with Gasteiger partial charge in [-0.1, -0.05) is 13.8 Å². The van der Waals surface area contributed by atoms with Gasteiger partial charge >= 0.3 is 0 Å². The second kappa shape index (κ2) is 3.34. The average Bonchev–Trinajstić information content (AvgIpc) is 1.84. The van der Waals surface area contributed by atoms with Gasteiger partial charge in [-0.05, 0) is 6.92 Å². The van der Waals surface area contributed by atoms with Crippen LogP contribution in [-0.4, -0.2) is 11.7 Å². The second-order valence-electron chi connectivity index (χ2n) is 2.68. The minimum atomic E-state index is -0.639. The average molecular weight is 143 g/mol.